The maximum absolute atomic E-state index is 12.9. The number of hydrogen-bond donors (Lipinski definition) is 1. The second kappa shape index (κ2) is 2.22. The first kappa shape index (κ1) is 8.49. The van der Waals surface area contributed by atoms with Crippen LogP contribution in [0.1, 0.15) is 33.1 Å². The summed E-state index contributed by atoms with van der Waals surface area (Å²) >= 11 is 0. The fraction of sp³-hybridized carbons (Fsp3) is 1.00. The molecule has 0 spiro atoms. The van der Waals surface area contributed by atoms with Crippen LogP contribution >= 0.6 is 0 Å². The fourth-order valence-electron chi connectivity index (χ4n) is 3.26. The van der Waals surface area contributed by atoms with Crippen molar-refractivity contribution in [1.29, 1.82) is 0 Å². The van der Waals surface area contributed by atoms with Crippen molar-refractivity contribution in [3.63, 3.8) is 0 Å². The molecule has 0 saturated heterocycles. The van der Waals surface area contributed by atoms with Gasteiger partial charge < -0.3 is 5.11 Å². The second-order valence-electron chi connectivity index (χ2n) is 4.96. The highest BCUT2D eigenvalue weighted by atomic mass is 19.1. The maximum Gasteiger partial charge on any atom is 0.0956 e. The lowest BCUT2D eigenvalue weighted by atomic mass is 9.69. The summed E-state index contributed by atoms with van der Waals surface area (Å²) in [6.07, 6.45) is 2.65. The zero-order valence-electron chi connectivity index (χ0n) is 7.81. The number of rotatable bonds is 1. The second-order valence-corrected chi connectivity index (χ2v) is 4.96. The standard InChI is InChI=1S/C10H17FO/c1-9-4-3-7(5-8(9)12)10(9,2)6-11/h7-8,12H,3-6H2,1-2H3/t7-,8-,9+,10+/m0/s1. The van der Waals surface area contributed by atoms with E-state index in [4.69, 9.17) is 0 Å². The lowest BCUT2D eigenvalue weighted by Crippen LogP contribution is -2.38. The molecule has 2 fully saturated rings. The van der Waals surface area contributed by atoms with Gasteiger partial charge in [-0.1, -0.05) is 13.8 Å². The van der Waals surface area contributed by atoms with Gasteiger partial charge in [0.2, 0.25) is 0 Å². The average molecular weight is 172 g/mol. The largest absolute Gasteiger partial charge is 0.393 e. The summed E-state index contributed by atoms with van der Waals surface area (Å²) in [6, 6.07) is 0. The summed E-state index contributed by atoms with van der Waals surface area (Å²) in [7, 11) is 0. The van der Waals surface area contributed by atoms with E-state index in [1.54, 1.807) is 0 Å². The van der Waals surface area contributed by atoms with Crippen molar-refractivity contribution in [2.75, 3.05) is 6.67 Å². The van der Waals surface area contributed by atoms with Crippen LogP contribution in [-0.4, -0.2) is 17.9 Å². The third-order valence-corrected chi connectivity index (χ3v) is 4.74. The highest BCUT2D eigenvalue weighted by molar-refractivity contribution is 5.12. The minimum absolute atomic E-state index is 0.146. The van der Waals surface area contributed by atoms with E-state index in [2.05, 4.69) is 0 Å². The molecule has 0 amide bonds. The van der Waals surface area contributed by atoms with Crippen LogP contribution in [0.2, 0.25) is 0 Å². The van der Waals surface area contributed by atoms with Gasteiger partial charge in [-0.15, -0.1) is 0 Å². The van der Waals surface area contributed by atoms with Crippen LogP contribution in [0.3, 0.4) is 0 Å². The quantitative estimate of drug-likeness (QED) is 0.642. The van der Waals surface area contributed by atoms with Crippen LogP contribution in [0.25, 0.3) is 0 Å². The van der Waals surface area contributed by atoms with Crippen molar-refractivity contribution >= 4 is 0 Å². The van der Waals surface area contributed by atoms with Crippen LogP contribution in [0.15, 0.2) is 0 Å². The topological polar surface area (TPSA) is 20.2 Å². The molecule has 1 N–H and O–H groups in total. The summed E-state index contributed by atoms with van der Waals surface area (Å²) < 4.78 is 12.9. The van der Waals surface area contributed by atoms with Gasteiger partial charge in [0.25, 0.3) is 0 Å². The molecule has 4 atom stereocenters. The van der Waals surface area contributed by atoms with Gasteiger partial charge in [-0.25, -0.2) is 0 Å². The Hall–Kier alpha value is -0.110. The van der Waals surface area contributed by atoms with Crippen molar-refractivity contribution in [2.45, 2.75) is 39.2 Å². The molecule has 0 aliphatic heterocycles. The minimum atomic E-state index is -0.273. The van der Waals surface area contributed by atoms with Crippen molar-refractivity contribution in [1.82, 2.24) is 0 Å². The van der Waals surface area contributed by atoms with Crippen LogP contribution in [0.5, 0.6) is 0 Å². The lowest BCUT2D eigenvalue weighted by Gasteiger charge is -2.37. The number of alkyl halides is 1. The molecular formula is C10H17FO. The van der Waals surface area contributed by atoms with Crippen LogP contribution in [0, 0.1) is 16.7 Å². The fourth-order valence-corrected chi connectivity index (χ4v) is 3.26. The van der Waals surface area contributed by atoms with Crippen molar-refractivity contribution < 1.29 is 9.50 Å². The number of aliphatic hydroxyl groups excluding tert-OH is 1. The monoisotopic (exact) mass is 172 g/mol. The maximum atomic E-state index is 12.9. The first-order valence-electron chi connectivity index (χ1n) is 4.78. The number of aliphatic hydroxyl groups is 1. The van der Waals surface area contributed by atoms with Crippen LogP contribution in [-0.2, 0) is 0 Å². The first-order valence-corrected chi connectivity index (χ1v) is 4.78. The van der Waals surface area contributed by atoms with Crippen LogP contribution < -0.4 is 0 Å². The van der Waals surface area contributed by atoms with Gasteiger partial charge in [-0.3, -0.25) is 4.39 Å². The van der Waals surface area contributed by atoms with E-state index < -0.39 is 0 Å². The molecule has 0 aromatic heterocycles. The molecule has 12 heavy (non-hydrogen) atoms. The molecule has 2 bridgehead atoms. The summed E-state index contributed by atoms with van der Waals surface area (Å²) in [6.45, 7) is 3.77. The molecule has 0 unspecified atom stereocenters. The van der Waals surface area contributed by atoms with E-state index in [0.717, 1.165) is 19.3 Å². The number of fused-ring (bicyclic) bond motifs is 2. The highest BCUT2D eigenvalue weighted by Crippen LogP contribution is 2.65. The summed E-state index contributed by atoms with van der Waals surface area (Å²) in [4.78, 5) is 0. The molecule has 2 saturated carbocycles. The molecule has 0 radical (unpaired) electrons. The highest BCUT2D eigenvalue weighted by Gasteiger charge is 2.63. The lowest BCUT2D eigenvalue weighted by molar-refractivity contribution is -0.00522. The van der Waals surface area contributed by atoms with Crippen molar-refractivity contribution in [3.8, 4) is 0 Å². The first-order chi connectivity index (χ1) is 5.54. The Balaban J connectivity index is 2.38. The zero-order chi connectivity index (χ0) is 8.98. The Morgan fingerprint density at radius 2 is 2.17 bits per heavy atom. The Kier molecular flexibility index (Phi) is 1.57. The van der Waals surface area contributed by atoms with Gasteiger partial charge >= 0.3 is 0 Å². The SMILES string of the molecule is C[C@@]1(CF)[C@H]2CC[C@]1(C)[C@@H](O)C2. The molecule has 0 heterocycles. The Morgan fingerprint density at radius 1 is 1.50 bits per heavy atom. The minimum Gasteiger partial charge on any atom is -0.393 e. The molecule has 0 aromatic carbocycles. The molecule has 2 aliphatic rings. The smallest absolute Gasteiger partial charge is 0.0956 e. The third kappa shape index (κ3) is 0.681. The normalized spacial score (nSPS) is 58.0. The number of halogens is 1. The zero-order valence-corrected chi connectivity index (χ0v) is 7.81. The van der Waals surface area contributed by atoms with Crippen molar-refractivity contribution in [3.05, 3.63) is 0 Å². The van der Waals surface area contributed by atoms with Gasteiger partial charge in [-0.2, -0.15) is 0 Å². The van der Waals surface area contributed by atoms with Crippen LogP contribution in [0.4, 0.5) is 4.39 Å². The van der Waals surface area contributed by atoms with E-state index in [9.17, 15) is 9.50 Å². The molecule has 2 aliphatic carbocycles. The summed E-state index contributed by atoms with van der Waals surface area (Å²) in [5.41, 5.74) is -0.390. The third-order valence-electron chi connectivity index (χ3n) is 4.74. The van der Waals surface area contributed by atoms with Gasteiger partial charge in [0, 0.05) is 10.8 Å². The molecule has 2 heteroatoms. The predicted molar refractivity (Wildman–Crippen MR) is 45.5 cm³/mol. The average Bonchev–Trinajstić information content (AvgIpc) is 2.39. The summed E-state index contributed by atoms with van der Waals surface area (Å²) in [5, 5.41) is 9.78. The molecule has 2 rings (SSSR count). The molecule has 70 valence electrons. The summed E-state index contributed by atoms with van der Waals surface area (Å²) in [5.74, 6) is 0.419. The van der Waals surface area contributed by atoms with Gasteiger partial charge in [-0.05, 0) is 25.2 Å². The van der Waals surface area contributed by atoms with E-state index in [1.165, 1.54) is 0 Å². The Morgan fingerprint density at radius 3 is 2.42 bits per heavy atom. The van der Waals surface area contributed by atoms with Gasteiger partial charge in [0.15, 0.2) is 0 Å². The Labute approximate surface area is 73.0 Å². The van der Waals surface area contributed by atoms with Crippen molar-refractivity contribution in [2.24, 2.45) is 16.7 Å². The molecule has 1 nitrogen and oxygen atoms in total. The molecule has 0 aromatic rings. The molecular weight excluding hydrogens is 155 g/mol. The van der Waals surface area contributed by atoms with E-state index >= 15 is 0 Å². The predicted octanol–water partition coefficient (Wildman–Crippen LogP) is 2.14. The number of hydrogen-bond acceptors (Lipinski definition) is 1. The Bertz CT molecular complexity index is 204. The van der Waals surface area contributed by atoms with Gasteiger partial charge in [0.05, 0.1) is 12.8 Å². The van der Waals surface area contributed by atoms with E-state index in [1.807, 2.05) is 13.8 Å². The van der Waals surface area contributed by atoms with E-state index in [-0.39, 0.29) is 23.6 Å². The van der Waals surface area contributed by atoms with Gasteiger partial charge in [0.1, 0.15) is 0 Å². The van der Waals surface area contributed by atoms with E-state index in [0.29, 0.717) is 5.92 Å².